The molecule has 0 aliphatic heterocycles. The molecule has 8 nitrogen and oxygen atoms in total. The maximum absolute atomic E-state index is 13.0. The van der Waals surface area contributed by atoms with Crippen molar-refractivity contribution in [1.82, 2.24) is 4.98 Å². The minimum Gasteiger partial charge on any atom is -0.493 e. The molecule has 0 saturated heterocycles. The molecule has 2 aromatic carbocycles. The molecule has 0 aliphatic carbocycles. The number of nitrogens with zero attached hydrogens (tertiary/aromatic N) is 1. The Morgan fingerprint density at radius 2 is 1.91 bits per heavy atom. The molecule has 0 unspecified atom stereocenters. The molecule has 0 atom stereocenters. The maximum atomic E-state index is 13.0. The first kappa shape index (κ1) is 20.9. The molecule has 4 rings (SSSR count). The molecule has 4 aromatic rings. The Hall–Kier alpha value is -4.33. The molecule has 1 amide bonds. The van der Waals surface area contributed by atoms with Crippen molar-refractivity contribution in [3.63, 3.8) is 0 Å². The average molecular weight is 432 g/mol. The number of hydrogen-bond acceptors (Lipinski definition) is 7. The fourth-order valence-electron chi connectivity index (χ4n) is 3.07. The highest BCUT2D eigenvalue weighted by Gasteiger charge is 2.16. The molecule has 8 heteroatoms. The number of amides is 1. The van der Waals surface area contributed by atoms with Gasteiger partial charge in [0.2, 0.25) is 11.2 Å². The summed E-state index contributed by atoms with van der Waals surface area (Å²) in [4.78, 5) is 29.0. The number of pyridine rings is 1. The van der Waals surface area contributed by atoms with Crippen LogP contribution in [0.5, 0.6) is 23.0 Å². The van der Waals surface area contributed by atoms with E-state index in [1.807, 2.05) is 0 Å². The van der Waals surface area contributed by atoms with E-state index in [9.17, 15) is 9.59 Å². The van der Waals surface area contributed by atoms with Gasteiger partial charge in [-0.05, 0) is 43.3 Å². The van der Waals surface area contributed by atoms with E-state index in [0.717, 1.165) is 0 Å². The number of fused-ring (bicyclic) bond motifs is 1. The zero-order chi connectivity index (χ0) is 22.5. The van der Waals surface area contributed by atoms with E-state index in [1.54, 1.807) is 67.7 Å². The number of carbonyl (C=O) groups excluding carboxylic acids is 1. The Kier molecular flexibility index (Phi) is 6.03. The molecule has 0 spiro atoms. The molecule has 0 bridgehead atoms. The number of para-hydroxylation sites is 2. The summed E-state index contributed by atoms with van der Waals surface area (Å²) in [5.41, 5.74) is 0.573. The number of methoxy groups -OCH3 is 1. The zero-order valence-corrected chi connectivity index (χ0v) is 17.5. The van der Waals surface area contributed by atoms with Crippen molar-refractivity contribution in [3.05, 3.63) is 83.0 Å². The Bertz CT molecular complexity index is 1320. The van der Waals surface area contributed by atoms with Crippen molar-refractivity contribution >= 4 is 22.6 Å². The van der Waals surface area contributed by atoms with Crippen LogP contribution < -0.4 is 25.0 Å². The van der Waals surface area contributed by atoms with Crippen LogP contribution in [-0.4, -0.2) is 24.6 Å². The monoisotopic (exact) mass is 432 g/mol. The van der Waals surface area contributed by atoms with Gasteiger partial charge in [-0.1, -0.05) is 12.1 Å². The number of carbonyl (C=O) groups is 1. The molecule has 0 radical (unpaired) electrons. The lowest BCUT2D eigenvalue weighted by Crippen LogP contribution is -2.20. The second-order valence-corrected chi connectivity index (χ2v) is 6.81. The lowest BCUT2D eigenvalue weighted by molar-refractivity contribution is -0.118. The summed E-state index contributed by atoms with van der Waals surface area (Å²) < 4.78 is 22.4. The molecule has 32 heavy (non-hydrogen) atoms. The summed E-state index contributed by atoms with van der Waals surface area (Å²) in [6.07, 6.45) is 3.15. The van der Waals surface area contributed by atoms with E-state index in [4.69, 9.17) is 18.6 Å². The van der Waals surface area contributed by atoms with Crippen molar-refractivity contribution in [1.29, 1.82) is 0 Å². The van der Waals surface area contributed by atoms with Crippen LogP contribution in [0.15, 0.2) is 76.2 Å². The SMILES string of the molecule is COc1ccccc1Oc1c(C)oc2cc(OCC(=O)Nc3cccnc3)ccc2c1=O. The summed E-state index contributed by atoms with van der Waals surface area (Å²) in [6.45, 7) is 1.43. The van der Waals surface area contributed by atoms with Gasteiger partial charge in [0.25, 0.3) is 5.91 Å². The number of rotatable bonds is 7. The molecular weight excluding hydrogens is 412 g/mol. The highest BCUT2D eigenvalue weighted by atomic mass is 16.5. The molecular formula is C24H20N2O6. The fourth-order valence-corrected chi connectivity index (χ4v) is 3.07. The number of aromatic nitrogens is 1. The third kappa shape index (κ3) is 4.54. The number of ether oxygens (including phenoxy) is 3. The molecule has 162 valence electrons. The largest absolute Gasteiger partial charge is 0.493 e. The highest BCUT2D eigenvalue weighted by Crippen LogP contribution is 2.32. The van der Waals surface area contributed by atoms with Crippen LogP contribution in [0.3, 0.4) is 0 Å². The molecule has 0 fully saturated rings. The van der Waals surface area contributed by atoms with Crippen molar-refractivity contribution in [2.75, 3.05) is 19.0 Å². The van der Waals surface area contributed by atoms with Crippen LogP contribution in [0, 0.1) is 6.92 Å². The first-order chi connectivity index (χ1) is 15.5. The quantitative estimate of drug-likeness (QED) is 0.464. The van der Waals surface area contributed by atoms with Crippen LogP contribution in [0.1, 0.15) is 5.76 Å². The van der Waals surface area contributed by atoms with E-state index in [2.05, 4.69) is 10.3 Å². The van der Waals surface area contributed by atoms with E-state index in [-0.39, 0.29) is 23.7 Å². The van der Waals surface area contributed by atoms with Crippen molar-refractivity contribution in [2.45, 2.75) is 6.92 Å². The topological polar surface area (TPSA) is 99.9 Å². The van der Waals surface area contributed by atoms with Crippen molar-refractivity contribution in [2.24, 2.45) is 0 Å². The fraction of sp³-hybridized carbons (Fsp3) is 0.125. The predicted molar refractivity (Wildman–Crippen MR) is 119 cm³/mol. The summed E-state index contributed by atoms with van der Waals surface area (Å²) >= 11 is 0. The third-order valence-electron chi connectivity index (χ3n) is 4.58. The smallest absolute Gasteiger partial charge is 0.262 e. The predicted octanol–water partition coefficient (Wildman–Crippen LogP) is 4.31. The number of hydrogen-bond donors (Lipinski definition) is 1. The summed E-state index contributed by atoms with van der Waals surface area (Å²) in [5.74, 6) is 1.34. The Morgan fingerprint density at radius 1 is 1.09 bits per heavy atom. The van der Waals surface area contributed by atoms with Gasteiger partial charge < -0.3 is 23.9 Å². The first-order valence-electron chi connectivity index (χ1n) is 9.76. The van der Waals surface area contributed by atoms with Crippen LogP contribution >= 0.6 is 0 Å². The van der Waals surface area contributed by atoms with Crippen LogP contribution in [0.25, 0.3) is 11.0 Å². The van der Waals surface area contributed by atoms with Gasteiger partial charge in [-0.2, -0.15) is 0 Å². The molecule has 2 aromatic heterocycles. The highest BCUT2D eigenvalue weighted by molar-refractivity contribution is 5.91. The van der Waals surface area contributed by atoms with E-state index >= 15 is 0 Å². The normalized spacial score (nSPS) is 10.6. The van der Waals surface area contributed by atoms with E-state index < -0.39 is 0 Å². The zero-order valence-electron chi connectivity index (χ0n) is 17.5. The average Bonchev–Trinajstić information content (AvgIpc) is 2.81. The number of benzene rings is 2. The van der Waals surface area contributed by atoms with Gasteiger partial charge >= 0.3 is 0 Å². The number of anilines is 1. The first-order valence-corrected chi connectivity index (χ1v) is 9.76. The summed E-state index contributed by atoms with van der Waals surface area (Å²) in [7, 11) is 1.52. The maximum Gasteiger partial charge on any atom is 0.262 e. The van der Waals surface area contributed by atoms with Crippen LogP contribution in [0.2, 0.25) is 0 Å². The van der Waals surface area contributed by atoms with Gasteiger partial charge in [-0.15, -0.1) is 0 Å². The van der Waals surface area contributed by atoms with E-state index in [1.165, 1.54) is 13.3 Å². The minimum absolute atomic E-state index is 0.0755. The molecule has 1 N–H and O–H groups in total. The van der Waals surface area contributed by atoms with E-state index in [0.29, 0.717) is 39.7 Å². The lowest BCUT2D eigenvalue weighted by Gasteiger charge is -2.12. The standard InChI is InChI=1S/C24H20N2O6/c1-15-24(32-20-8-4-3-7-19(20)29-2)23(28)18-10-9-17(12-21(18)31-15)30-14-22(27)26-16-6-5-11-25-13-16/h3-13H,14H2,1-2H3,(H,26,27). The van der Waals surface area contributed by atoms with Gasteiger partial charge in [-0.3, -0.25) is 14.6 Å². The van der Waals surface area contributed by atoms with Crippen LogP contribution in [0.4, 0.5) is 5.69 Å². The Balaban J connectivity index is 1.53. The second-order valence-electron chi connectivity index (χ2n) is 6.81. The molecule has 0 aliphatic rings. The lowest BCUT2D eigenvalue weighted by atomic mass is 10.2. The number of aryl methyl sites for hydroxylation is 1. The van der Waals surface area contributed by atoms with Gasteiger partial charge in [0, 0.05) is 12.3 Å². The third-order valence-corrected chi connectivity index (χ3v) is 4.58. The van der Waals surface area contributed by atoms with Gasteiger partial charge in [0.1, 0.15) is 17.1 Å². The van der Waals surface area contributed by atoms with Gasteiger partial charge in [0.15, 0.2) is 18.1 Å². The second kappa shape index (κ2) is 9.22. The Labute approximate surface area is 183 Å². The van der Waals surface area contributed by atoms with Gasteiger partial charge in [-0.25, -0.2) is 0 Å². The summed E-state index contributed by atoms with van der Waals surface area (Å²) in [5, 5.41) is 3.01. The molecule has 2 heterocycles. The minimum atomic E-state index is -0.337. The van der Waals surface area contributed by atoms with Crippen molar-refractivity contribution in [3.8, 4) is 23.0 Å². The summed E-state index contributed by atoms with van der Waals surface area (Å²) in [6, 6.07) is 15.2. The number of nitrogens with one attached hydrogen (secondary N) is 1. The van der Waals surface area contributed by atoms with Crippen molar-refractivity contribution < 1.29 is 23.4 Å². The Morgan fingerprint density at radius 3 is 2.66 bits per heavy atom. The molecule has 0 saturated carbocycles. The van der Waals surface area contributed by atoms with Crippen LogP contribution in [-0.2, 0) is 4.79 Å². The van der Waals surface area contributed by atoms with Gasteiger partial charge in [0.05, 0.1) is 24.4 Å².